The van der Waals surface area contributed by atoms with E-state index < -0.39 is 0 Å². The van der Waals surface area contributed by atoms with Crippen LogP contribution in [0.3, 0.4) is 0 Å². The molecule has 2 aromatic heterocycles. The minimum atomic E-state index is 0.0303. The van der Waals surface area contributed by atoms with E-state index in [9.17, 15) is 4.79 Å². The number of rotatable bonds is 6. The van der Waals surface area contributed by atoms with Gasteiger partial charge >= 0.3 is 0 Å². The predicted octanol–water partition coefficient (Wildman–Crippen LogP) is 5.50. The standard InChI is InChI=1S/C23H18BrN5OS2/c24-20-12-11-19(32-20)22-16(14-28(27-22)17-7-3-1-4-8-17)13-25-26-23-29(21(30)15-31-23)18-9-5-2-6-10-18/h1-12,14,25H,13,15H2/b26-23-. The smallest absolute Gasteiger partial charge is 0.243 e. The van der Waals surface area contributed by atoms with Gasteiger partial charge in [-0.1, -0.05) is 48.2 Å². The number of para-hydroxylation sites is 2. The van der Waals surface area contributed by atoms with Crippen LogP contribution in [0.4, 0.5) is 5.69 Å². The molecule has 1 saturated heterocycles. The Bertz CT molecular complexity index is 1270. The number of carbonyl (C=O) groups excluding carboxylic acids is 1. The van der Waals surface area contributed by atoms with Crippen molar-refractivity contribution in [1.82, 2.24) is 15.2 Å². The number of hydrogen-bond acceptors (Lipinski definition) is 6. The van der Waals surface area contributed by atoms with Crippen LogP contribution in [0.25, 0.3) is 16.3 Å². The quantitative estimate of drug-likeness (QED) is 0.338. The molecule has 1 aliphatic rings. The van der Waals surface area contributed by atoms with Crippen molar-refractivity contribution < 1.29 is 4.79 Å². The lowest BCUT2D eigenvalue weighted by Gasteiger charge is -2.15. The molecule has 0 bridgehead atoms. The third kappa shape index (κ3) is 4.36. The number of anilines is 1. The van der Waals surface area contributed by atoms with Gasteiger partial charge in [-0.25, -0.2) is 4.68 Å². The van der Waals surface area contributed by atoms with Crippen molar-refractivity contribution in [2.45, 2.75) is 6.54 Å². The third-order valence-electron chi connectivity index (χ3n) is 4.84. The van der Waals surface area contributed by atoms with Crippen LogP contribution in [-0.4, -0.2) is 26.6 Å². The van der Waals surface area contributed by atoms with Crippen molar-refractivity contribution in [2.75, 3.05) is 10.7 Å². The second-order valence-corrected chi connectivity index (χ2v) is 10.4. The van der Waals surface area contributed by atoms with Crippen molar-refractivity contribution >= 4 is 55.8 Å². The summed E-state index contributed by atoms with van der Waals surface area (Å²) in [6.45, 7) is 0.485. The molecule has 0 atom stereocenters. The van der Waals surface area contributed by atoms with E-state index in [2.05, 4.69) is 32.5 Å². The Labute approximate surface area is 202 Å². The van der Waals surface area contributed by atoms with Crippen LogP contribution in [-0.2, 0) is 11.3 Å². The molecule has 0 aliphatic carbocycles. The van der Waals surface area contributed by atoms with Crippen LogP contribution in [0.5, 0.6) is 0 Å². The van der Waals surface area contributed by atoms with Crippen LogP contribution in [0.15, 0.2) is 87.9 Å². The van der Waals surface area contributed by atoms with Gasteiger partial charge in [-0.05, 0) is 52.3 Å². The molecule has 9 heteroatoms. The van der Waals surface area contributed by atoms with Gasteiger partial charge in [0.05, 0.1) is 32.3 Å². The number of carbonyl (C=O) groups is 1. The zero-order valence-corrected chi connectivity index (χ0v) is 20.0. The topological polar surface area (TPSA) is 62.5 Å². The van der Waals surface area contributed by atoms with Crippen molar-refractivity contribution in [1.29, 1.82) is 0 Å². The maximum atomic E-state index is 12.4. The van der Waals surface area contributed by atoms with E-state index in [0.717, 1.165) is 31.3 Å². The van der Waals surface area contributed by atoms with Crippen LogP contribution in [0, 0.1) is 0 Å². The number of amidine groups is 1. The van der Waals surface area contributed by atoms with Gasteiger partial charge in [-0.2, -0.15) is 10.2 Å². The summed E-state index contributed by atoms with van der Waals surface area (Å²) in [5.41, 5.74) is 6.91. The summed E-state index contributed by atoms with van der Waals surface area (Å²) in [7, 11) is 0. The molecular formula is C23H18BrN5OS2. The number of halogens is 1. The number of nitrogens with zero attached hydrogens (tertiary/aromatic N) is 4. The summed E-state index contributed by atoms with van der Waals surface area (Å²) >= 11 is 6.62. The average molecular weight is 524 g/mol. The Morgan fingerprint density at radius 2 is 1.72 bits per heavy atom. The Kier molecular flexibility index (Phi) is 6.11. The molecule has 160 valence electrons. The number of aromatic nitrogens is 2. The molecule has 4 aromatic rings. The molecule has 0 saturated carbocycles. The summed E-state index contributed by atoms with van der Waals surface area (Å²) in [6.07, 6.45) is 2.02. The zero-order valence-electron chi connectivity index (χ0n) is 16.8. The molecular weight excluding hydrogens is 506 g/mol. The van der Waals surface area contributed by atoms with Crippen LogP contribution >= 0.6 is 39.0 Å². The van der Waals surface area contributed by atoms with E-state index >= 15 is 0 Å². The Balaban J connectivity index is 1.41. The highest BCUT2D eigenvalue weighted by Gasteiger charge is 2.29. The Hall–Kier alpha value is -2.88. The molecule has 0 spiro atoms. The molecule has 5 rings (SSSR count). The van der Waals surface area contributed by atoms with Gasteiger partial charge in [0.1, 0.15) is 5.69 Å². The first-order chi connectivity index (χ1) is 15.7. The zero-order chi connectivity index (χ0) is 21.9. The number of benzene rings is 2. The lowest BCUT2D eigenvalue weighted by molar-refractivity contribution is -0.115. The highest BCUT2D eigenvalue weighted by molar-refractivity contribution is 9.11. The Morgan fingerprint density at radius 1 is 1.00 bits per heavy atom. The number of hydrazone groups is 1. The maximum absolute atomic E-state index is 12.4. The number of hydrogen-bond donors (Lipinski definition) is 1. The first-order valence-corrected chi connectivity index (χ1v) is 12.5. The minimum Gasteiger partial charge on any atom is -0.303 e. The number of thiophene rings is 1. The van der Waals surface area contributed by atoms with Crippen molar-refractivity contribution in [3.63, 3.8) is 0 Å². The summed E-state index contributed by atoms with van der Waals surface area (Å²) in [5.74, 6) is 0.415. The van der Waals surface area contributed by atoms with E-state index in [-0.39, 0.29) is 5.91 Å². The first-order valence-electron chi connectivity index (χ1n) is 9.90. The summed E-state index contributed by atoms with van der Waals surface area (Å²) in [6, 6.07) is 23.7. The Morgan fingerprint density at radius 3 is 2.41 bits per heavy atom. The van der Waals surface area contributed by atoms with E-state index in [4.69, 9.17) is 5.10 Å². The molecule has 6 nitrogen and oxygen atoms in total. The van der Waals surface area contributed by atoms with Gasteiger partial charge < -0.3 is 5.43 Å². The fourth-order valence-corrected chi connectivity index (χ4v) is 5.62. The largest absolute Gasteiger partial charge is 0.303 e. The van der Waals surface area contributed by atoms with Gasteiger partial charge in [0, 0.05) is 11.8 Å². The lowest BCUT2D eigenvalue weighted by atomic mass is 10.2. The van der Waals surface area contributed by atoms with E-state index in [0.29, 0.717) is 17.5 Å². The van der Waals surface area contributed by atoms with E-state index in [1.807, 2.05) is 77.6 Å². The molecule has 3 heterocycles. The normalized spacial score (nSPS) is 15.0. The number of thioether (sulfide) groups is 1. The van der Waals surface area contributed by atoms with Crippen LogP contribution < -0.4 is 10.3 Å². The number of nitrogens with one attached hydrogen (secondary N) is 1. The molecule has 1 fully saturated rings. The summed E-state index contributed by atoms with van der Waals surface area (Å²) < 4.78 is 2.94. The fraction of sp³-hybridized carbons (Fsp3) is 0.0870. The second-order valence-electron chi connectivity index (χ2n) is 6.97. The monoisotopic (exact) mass is 523 g/mol. The van der Waals surface area contributed by atoms with Crippen LogP contribution in [0.2, 0.25) is 0 Å². The number of amides is 1. The minimum absolute atomic E-state index is 0.0303. The van der Waals surface area contributed by atoms with Gasteiger partial charge in [-0.15, -0.1) is 11.3 Å². The highest BCUT2D eigenvalue weighted by Crippen LogP contribution is 2.33. The maximum Gasteiger partial charge on any atom is 0.243 e. The molecule has 1 amide bonds. The first kappa shape index (κ1) is 21.0. The van der Waals surface area contributed by atoms with Gasteiger partial charge in [0.2, 0.25) is 5.91 Å². The van der Waals surface area contributed by atoms with E-state index in [1.54, 1.807) is 16.2 Å². The highest BCUT2D eigenvalue weighted by atomic mass is 79.9. The third-order valence-corrected chi connectivity index (χ3v) is 7.40. The molecule has 1 aliphatic heterocycles. The molecule has 1 N–H and O–H groups in total. The predicted molar refractivity (Wildman–Crippen MR) is 135 cm³/mol. The summed E-state index contributed by atoms with van der Waals surface area (Å²) in [5, 5.41) is 10.0. The summed E-state index contributed by atoms with van der Waals surface area (Å²) in [4.78, 5) is 15.1. The van der Waals surface area contributed by atoms with Gasteiger partial charge in [0.15, 0.2) is 5.17 Å². The molecule has 2 aromatic carbocycles. The molecule has 32 heavy (non-hydrogen) atoms. The van der Waals surface area contributed by atoms with Crippen molar-refractivity contribution in [2.24, 2.45) is 5.10 Å². The van der Waals surface area contributed by atoms with Crippen molar-refractivity contribution in [3.05, 3.63) is 88.3 Å². The van der Waals surface area contributed by atoms with Gasteiger partial charge in [0.25, 0.3) is 0 Å². The van der Waals surface area contributed by atoms with Gasteiger partial charge in [-0.3, -0.25) is 9.69 Å². The van der Waals surface area contributed by atoms with Crippen molar-refractivity contribution in [3.8, 4) is 16.3 Å². The lowest BCUT2D eigenvalue weighted by Crippen LogP contribution is -2.30. The molecule has 0 radical (unpaired) electrons. The molecule has 0 unspecified atom stereocenters. The SMILES string of the molecule is O=C1CS/C(=N\NCc2cn(-c3ccccc3)nc2-c2ccc(Br)s2)N1c1ccccc1. The second kappa shape index (κ2) is 9.32. The average Bonchev–Trinajstić information content (AvgIpc) is 3.54. The van der Waals surface area contributed by atoms with Crippen LogP contribution in [0.1, 0.15) is 5.56 Å². The van der Waals surface area contributed by atoms with E-state index in [1.165, 1.54) is 11.8 Å². The fourth-order valence-electron chi connectivity index (χ4n) is 3.37.